The fourth-order valence-electron chi connectivity index (χ4n) is 2.92. The molecule has 3 aromatic rings. The number of hydrogen-bond donors (Lipinski definition) is 1. The molecule has 0 atom stereocenters. The highest BCUT2D eigenvalue weighted by atomic mass is 32.1. The van der Waals surface area contributed by atoms with E-state index < -0.39 is 0 Å². The van der Waals surface area contributed by atoms with Crippen LogP contribution in [-0.2, 0) is 11.2 Å². The Kier molecular flexibility index (Phi) is 4.98. The standard InChI is InChI=1S/C19H16N4O4S/c24-15(8-10-23-18(25)12-4-1-2-5-13(12)19(23)26)20-9-7-16-21-17(22-27-16)14-6-3-11-28-14/h1-6,11H,7-10H2,(H,20,24). The van der Waals surface area contributed by atoms with Gasteiger partial charge in [-0.3, -0.25) is 19.3 Å². The molecule has 4 rings (SSSR count). The molecule has 0 saturated heterocycles. The molecule has 3 heterocycles. The minimum absolute atomic E-state index is 0.0374. The van der Waals surface area contributed by atoms with Crippen molar-refractivity contribution in [3.63, 3.8) is 0 Å². The summed E-state index contributed by atoms with van der Waals surface area (Å²) in [6.45, 7) is 0.369. The van der Waals surface area contributed by atoms with E-state index in [2.05, 4.69) is 15.5 Å². The van der Waals surface area contributed by atoms with Crippen LogP contribution in [0.15, 0.2) is 46.3 Å². The minimum atomic E-state index is -0.361. The van der Waals surface area contributed by atoms with Crippen LogP contribution < -0.4 is 5.32 Å². The van der Waals surface area contributed by atoms with Crippen molar-refractivity contribution in [1.82, 2.24) is 20.4 Å². The van der Waals surface area contributed by atoms with Crippen LogP contribution in [-0.4, -0.2) is 45.9 Å². The van der Waals surface area contributed by atoms with Crippen LogP contribution in [0.25, 0.3) is 10.7 Å². The van der Waals surface area contributed by atoms with Crippen LogP contribution >= 0.6 is 11.3 Å². The lowest BCUT2D eigenvalue weighted by Crippen LogP contribution is -2.35. The van der Waals surface area contributed by atoms with Crippen LogP contribution in [0.3, 0.4) is 0 Å². The maximum Gasteiger partial charge on any atom is 0.261 e. The molecule has 142 valence electrons. The van der Waals surface area contributed by atoms with E-state index in [0.717, 1.165) is 9.78 Å². The topological polar surface area (TPSA) is 105 Å². The Balaban J connectivity index is 1.24. The molecule has 8 nitrogen and oxygen atoms in total. The molecule has 2 aromatic heterocycles. The van der Waals surface area contributed by atoms with Gasteiger partial charge in [-0.15, -0.1) is 11.3 Å². The molecule has 0 fully saturated rings. The van der Waals surface area contributed by atoms with Gasteiger partial charge in [-0.05, 0) is 23.6 Å². The van der Waals surface area contributed by atoms with E-state index in [0.29, 0.717) is 35.8 Å². The van der Waals surface area contributed by atoms with Crippen molar-refractivity contribution in [3.8, 4) is 10.7 Å². The quantitative estimate of drug-likeness (QED) is 0.614. The first-order valence-electron chi connectivity index (χ1n) is 8.72. The van der Waals surface area contributed by atoms with Crippen molar-refractivity contribution in [2.24, 2.45) is 0 Å². The van der Waals surface area contributed by atoms with Gasteiger partial charge in [0.15, 0.2) is 0 Å². The molecule has 0 bridgehead atoms. The summed E-state index contributed by atoms with van der Waals surface area (Å²) >= 11 is 1.52. The van der Waals surface area contributed by atoms with Crippen LogP contribution in [0.4, 0.5) is 0 Å². The fourth-order valence-corrected chi connectivity index (χ4v) is 3.56. The van der Waals surface area contributed by atoms with Gasteiger partial charge in [0, 0.05) is 25.9 Å². The summed E-state index contributed by atoms with van der Waals surface area (Å²) in [6.07, 6.45) is 0.437. The minimum Gasteiger partial charge on any atom is -0.356 e. The van der Waals surface area contributed by atoms with Gasteiger partial charge in [-0.2, -0.15) is 4.98 Å². The Morgan fingerprint density at radius 3 is 2.54 bits per heavy atom. The third-order valence-electron chi connectivity index (χ3n) is 4.31. The zero-order chi connectivity index (χ0) is 19.5. The first-order valence-corrected chi connectivity index (χ1v) is 9.60. The fraction of sp³-hybridized carbons (Fsp3) is 0.211. The molecule has 0 spiro atoms. The molecule has 0 radical (unpaired) electrons. The van der Waals surface area contributed by atoms with Crippen molar-refractivity contribution in [2.45, 2.75) is 12.8 Å². The number of nitrogens with one attached hydrogen (secondary N) is 1. The number of thiophene rings is 1. The Morgan fingerprint density at radius 2 is 1.86 bits per heavy atom. The van der Waals surface area contributed by atoms with Crippen molar-refractivity contribution >= 4 is 29.1 Å². The molecule has 0 unspecified atom stereocenters. The maximum atomic E-state index is 12.3. The number of aromatic nitrogens is 2. The van der Waals surface area contributed by atoms with Crippen LogP contribution in [0.2, 0.25) is 0 Å². The highest BCUT2D eigenvalue weighted by molar-refractivity contribution is 7.13. The van der Waals surface area contributed by atoms with E-state index >= 15 is 0 Å². The summed E-state index contributed by atoms with van der Waals surface area (Å²) in [6, 6.07) is 10.5. The third kappa shape index (κ3) is 3.56. The maximum absolute atomic E-state index is 12.3. The lowest BCUT2D eigenvalue weighted by Gasteiger charge is -2.13. The normalized spacial score (nSPS) is 13.1. The summed E-state index contributed by atoms with van der Waals surface area (Å²) in [7, 11) is 0. The Morgan fingerprint density at radius 1 is 1.11 bits per heavy atom. The molecular weight excluding hydrogens is 380 g/mol. The van der Waals surface area contributed by atoms with Gasteiger partial charge in [-0.25, -0.2) is 0 Å². The number of amides is 3. The van der Waals surface area contributed by atoms with E-state index in [-0.39, 0.29) is 30.7 Å². The lowest BCUT2D eigenvalue weighted by molar-refractivity contribution is -0.121. The number of carbonyl (C=O) groups is 3. The van der Waals surface area contributed by atoms with Crippen LogP contribution in [0.5, 0.6) is 0 Å². The van der Waals surface area contributed by atoms with Gasteiger partial charge < -0.3 is 9.84 Å². The largest absolute Gasteiger partial charge is 0.356 e. The van der Waals surface area contributed by atoms with Crippen LogP contribution in [0.1, 0.15) is 33.0 Å². The molecule has 1 aromatic carbocycles. The second kappa shape index (κ2) is 7.73. The number of hydrogen-bond acceptors (Lipinski definition) is 7. The smallest absolute Gasteiger partial charge is 0.261 e. The van der Waals surface area contributed by atoms with Gasteiger partial charge >= 0.3 is 0 Å². The monoisotopic (exact) mass is 396 g/mol. The van der Waals surface area contributed by atoms with Crippen molar-refractivity contribution < 1.29 is 18.9 Å². The first kappa shape index (κ1) is 18.1. The van der Waals surface area contributed by atoms with Gasteiger partial charge in [-0.1, -0.05) is 23.4 Å². The van der Waals surface area contributed by atoms with Gasteiger partial charge in [0.05, 0.1) is 16.0 Å². The van der Waals surface area contributed by atoms with E-state index in [1.54, 1.807) is 24.3 Å². The predicted molar refractivity (Wildman–Crippen MR) is 101 cm³/mol. The number of nitrogens with zero attached hydrogens (tertiary/aromatic N) is 3. The molecule has 3 amide bonds. The summed E-state index contributed by atoms with van der Waals surface area (Å²) in [4.78, 5) is 42.9. The molecule has 0 saturated carbocycles. The highest BCUT2D eigenvalue weighted by Gasteiger charge is 2.34. The second-order valence-electron chi connectivity index (χ2n) is 6.15. The van der Waals surface area contributed by atoms with Crippen molar-refractivity contribution in [3.05, 3.63) is 58.8 Å². The SMILES string of the molecule is O=C(CCN1C(=O)c2ccccc2C1=O)NCCc1nc(-c2cccs2)no1. The molecule has 1 N–H and O–H groups in total. The van der Waals surface area contributed by atoms with Crippen LogP contribution in [0, 0.1) is 0 Å². The number of imide groups is 1. The van der Waals surface area contributed by atoms with Gasteiger partial charge in [0.2, 0.25) is 17.6 Å². The molecular formula is C19H16N4O4S. The predicted octanol–water partition coefficient (Wildman–Crippen LogP) is 2.14. The Hall–Kier alpha value is -3.33. The number of carbonyl (C=O) groups excluding carboxylic acids is 3. The molecule has 1 aliphatic rings. The third-order valence-corrected chi connectivity index (χ3v) is 5.18. The summed E-state index contributed by atoms with van der Waals surface area (Å²) in [5.74, 6) is -0.0127. The number of benzene rings is 1. The van der Waals surface area contributed by atoms with E-state index in [1.165, 1.54) is 11.3 Å². The van der Waals surface area contributed by atoms with Crippen molar-refractivity contribution in [1.29, 1.82) is 0 Å². The van der Waals surface area contributed by atoms with Gasteiger partial charge in [0.1, 0.15) is 0 Å². The molecule has 0 aliphatic carbocycles. The lowest BCUT2D eigenvalue weighted by atomic mass is 10.1. The summed E-state index contributed by atoms with van der Waals surface area (Å²) in [5.41, 5.74) is 0.761. The van der Waals surface area contributed by atoms with E-state index in [9.17, 15) is 14.4 Å². The van der Waals surface area contributed by atoms with E-state index in [4.69, 9.17) is 4.52 Å². The summed E-state index contributed by atoms with van der Waals surface area (Å²) in [5, 5.41) is 8.58. The highest BCUT2D eigenvalue weighted by Crippen LogP contribution is 2.22. The molecule has 9 heteroatoms. The average Bonchev–Trinajstić information content (AvgIpc) is 3.43. The molecule has 1 aliphatic heterocycles. The number of fused-ring (bicyclic) bond motifs is 1. The average molecular weight is 396 g/mol. The Bertz CT molecular complexity index is 993. The first-order chi connectivity index (χ1) is 13.6. The van der Waals surface area contributed by atoms with Crippen molar-refractivity contribution in [2.75, 3.05) is 13.1 Å². The summed E-state index contributed by atoms with van der Waals surface area (Å²) < 4.78 is 5.17. The second-order valence-corrected chi connectivity index (χ2v) is 7.09. The zero-order valence-electron chi connectivity index (χ0n) is 14.8. The number of rotatable bonds is 7. The van der Waals surface area contributed by atoms with E-state index in [1.807, 2.05) is 17.5 Å². The van der Waals surface area contributed by atoms with Gasteiger partial charge in [0.25, 0.3) is 11.8 Å². The zero-order valence-corrected chi connectivity index (χ0v) is 15.6. The molecule has 28 heavy (non-hydrogen) atoms. The Labute approximate surface area is 164 Å².